The van der Waals surface area contributed by atoms with Crippen LogP contribution in [0.1, 0.15) is 205 Å². The average molecular weight is 1540 g/mol. The highest BCUT2D eigenvalue weighted by atomic mass is 16.2. The maximum atomic E-state index is 12.5. The number of unbranched alkanes of at least 4 members (excludes halogenated alkanes) is 4. The van der Waals surface area contributed by atoms with E-state index in [1.165, 1.54) is 71.0 Å². The maximum Gasteiger partial charge on any atom is 0.229 e. The monoisotopic (exact) mass is 1540 g/mol. The van der Waals surface area contributed by atoms with Crippen molar-refractivity contribution in [3.8, 4) is 0 Å². The minimum absolute atomic E-state index is 0.00676. The first kappa shape index (κ1) is 81.9. The van der Waals surface area contributed by atoms with E-state index in [1.807, 2.05) is 24.3 Å². The van der Waals surface area contributed by atoms with Crippen molar-refractivity contribution in [1.29, 1.82) is 0 Å². The van der Waals surface area contributed by atoms with Crippen LogP contribution in [0.15, 0.2) is 73.8 Å². The summed E-state index contributed by atoms with van der Waals surface area (Å²) in [5.74, 6) is 3.75. The molecule has 608 valence electrons. The van der Waals surface area contributed by atoms with Crippen molar-refractivity contribution in [1.82, 2.24) is 79.1 Å². The number of carbonyl (C=O) groups is 8. The van der Waals surface area contributed by atoms with Gasteiger partial charge in [0.25, 0.3) is 0 Å². The second-order valence-electron chi connectivity index (χ2n) is 34.3. The van der Waals surface area contributed by atoms with Crippen molar-refractivity contribution >= 4 is 71.1 Å². The lowest BCUT2D eigenvalue weighted by Gasteiger charge is -2.37. The minimum Gasteiger partial charge on any atom is -0.338 e. The van der Waals surface area contributed by atoms with Gasteiger partial charge in [0.2, 0.25) is 71.1 Å². The average Bonchev–Trinajstić information content (AvgIpc) is 1.72. The molecule has 8 saturated heterocycles. The van der Waals surface area contributed by atoms with Gasteiger partial charge < -0.3 is 19.6 Å². The normalized spacial score (nSPS) is 23.0. The van der Waals surface area contributed by atoms with Crippen LogP contribution in [0.4, 0.5) is 23.8 Å². The summed E-state index contributed by atoms with van der Waals surface area (Å²) in [6.07, 6.45) is 44.4. The Hall–Kier alpha value is -8.08. The smallest absolute Gasteiger partial charge is 0.229 e. The topological polar surface area (TPSA) is 279 Å². The van der Waals surface area contributed by atoms with Crippen LogP contribution in [-0.2, 0) is 38.4 Å². The number of carbonyl (C=O) groups excluding carboxylic acids is 8. The Morgan fingerprint density at radius 3 is 0.527 bits per heavy atom. The van der Waals surface area contributed by atoms with Crippen molar-refractivity contribution in [2.45, 2.75) is 205 Å². The van der Waals surface area contributed by atoms with Crippen LogP contribution in [0.5, 0.6) is 0 Å². The minimum atomic E-state index is 0.00676. The van der Waals surface area contributed by atoms with Crippen molar-refractivity contribution < 1.29 is 38.4 Å². The number of aromatic nitrogens is 8. The molecule has 4 aromatic rings. The number of likely N-dealkylation sites (tertiary alicyclic amines) is 4. The van der Waals surface area contributed by atoms with Crippen molar-refractivity contribution in [3.05, 3.63) is 73.8 Å². The molecule has 0 bridgehead atoms. The van der Waals surface area contributed by atoms with Gasteiger partial charge in [-0.05, 0) is 175 Å². The summed E-state index contributed by atoms with van der Waals surface area (Å²) in [7, 11) is 0. The lowest BCUT2D eigenvalue weighted by Crippen LogP contribution is -2.48. The fraction of sp³-hybridized carbons (Fsp3) is 0.714. The Morgan fingerprint density at radius 2 is 0.366 bits per heavy atom. The second kappa shape index (κ2) is 39.8. The summed E-state index contributed by atoms with van der Waals surface area (Å²) in [6.45, 7) is 22.0. The number of amides is 8. The quantitative estimate of drug-likeness (QED) is 0.0470. The SMILES string of the molecule is O=C1CC2(CCCC2)CC(=O)N1CCCCN1CCN(c2ncccn2)CC1.O=C1CC2(CCCC2)CC(=O)N1CCCCN1CCN(c2ncccn2)CC1.O=C1CC2(CCCC2)CC(=O)N1CCCCN1CCN(c2ncccn2)CC1.O=C1CC2(CCCC2)CC(=O)N1CCCCN1CCN(c2ncccn2)CC1. The lowest BCUT2D eigenvalue weighted by atomic mass is 9.76. The van der Waals surface area contributed by atoms with E-state index in [0.29, 0.717) is 77.5 Å². The first-order valence-corrected chi connectivity index (χ1v) is 42.9. The Morgan fingerprint density at radius 1 is 0.214 bits per heavy atom. The number of piperazine rings is 4. The number of nitrogens with zero attached hydrogens (tertiary/aromatic N) is 20. The van der Waals surface area contributed by atoms with Gasteiger partial charge in [0.1, 0.15) is 0 Å². The van der Waals surface area contributed by atoms with Crippen LogP contribution in [0.3, 0.4) is 0 Å². The molecule has 4 spiro atoms. The zero-order chi connectivity index (χ0) is 77.6. The first-order valence-electron chi connectivity index (χ1n) is 42.9. The molecule has 4 saturated carbocycles. The molecule has 12 fully saturated rings. The van der Waals surface area contributed by atoms with Crippen LogP contribution < -0.4 is 19.6 Å². The van der Waals surface area contributed by atoms with E-state index in [9.17, 15) is 38.4 Å². The molecular formula is C84H124N20O8. The molecule has 8 aliphatic heterocycles. The highest BCUT2D eigenvalue weighted by molar-refractivity contribution is 6.00. The molecule has 4 aliphatic carbocycles. The number of hydrogen-bond acceptors (Lipinski definition) is 24. The molecule has 28 nitrogen and oxygen atoms in total. The number of anilines is 4. The summed E-state index contributed by atoms with van der Waals surface area (Å²) in [5, 5.41) is 0. The molecular weight excluding hydrogens is 1420 g/mol. The molecule has 8 amide bonds. The fourth-order valence-corrected chi connectivity index (χ4v) is 20.0. The number of piperidine rings is 4. The number of hydrogen-bond donors (Lipinski definition) is 0. The number of imide groups is 4. The van der Waals surface area contributed by atoms with Gasteiger partial charge in [-0.25, -0.2) is 39.9 Å². The zero-order valence-corrected chi connectivity index (χ0v) is 66.7. The molecule has 0 radical (unpaired) electrons. The highest BCUT2D eigenvalue weighted by Crippen LogP contribution is 2.50. The van der Waals surface area contributed by atoms with Crippen LogP contribution in [0.25, 0.3) is 0 Å². The van der Waals surface area contributed by atoms with Crippen LogP contribution in [0.2, 0.25) is 0 Å². The lowest BCUT2D eigenvalue weighted by molar-refractivity contribution is -0.155. The molecule has 0 atom stereocenters. The van der Waals surface area contributed by atoms with Gasteiger partial charge in [0, 0.05) is 232 Å². The molecule has 28 heteroatoms. The standard InChI is InChI=1S/4C21H31N5O2/c4*27-18-16-21(6-1-2-7-21)17-19(28)26(18)11-4-3-10-24-12-14-25(15-13-24)20-22-8-5-9-23-20/h4*5,8-9H,1-4,6-7,10-17H2. The van der Waals surface area contributed by atoms with Gasteiger partial charge in [-0.15, -0.1) is 0 Å². The van der Waals surface area contributed by atoms with E-state index >= 15 is 0 Å². The van der Waals surface area contributed by atoms with Gasteiger partial charge in [-0.3, -0.25) is 77.6 Å². The third-order valence-corrected chi connectivity index (χ3v) is 26.5. The summed E-state index contributed by atoms with van der Waals surface area (Å²) < 4.78 is 0. The van der Waals surface area contributed by atoms with E-state index in [-0.39, 0.29) is 68.9 Å². The molecule has 0 aromatic carbocycles. The van der Waals surface area contributed by atoms with Gasteiger partial charge in [-0.1, -0.05) is 51.4 Å². The van der Waals surface area contributed by atoms with Gasteiger partial charge in [0.05, 0.1) is 0 Å². The summed E-state index contributed by atoms with van der Waals surface area (Å²) in [5.41, 5.74) is 0.0270. The van der Waals surface area contributed by atoms with E-state index in [1.54, 1.807) is 49.6 Å². The Labute approximate surface area is 663 Å². The Bertz CT molecular complexity index is 3120. The van der Waals surface area contributed by atoms with Gasteiger partial charge >= 0.3 is 0 Å². The zero-order valence-electron chi connectivity index (χ0n) is 66.7. The number of rotatable bonds is 24. The molecule has 0 N–H and O–H groups in total. The fourth-order valence-electron chi connectivity index (χ4n) is 20.0. The van der Waals surface area contributed by atoms with Crippen LogP contribution in [0, 0.1) is 21.7 Å². The van der Waals surface area contributed by atoms with Crippen LogP contribution >= 0.6 is 0 Å². The molecule has 12 heterocycles. The Balaban J connectivity index is 0.000000131. The van der Waals surface area contributed by atoms with E-state index in [0.717, 1.165) is 257 Å². The maximum absolute atomic E-state index is 12.5. The molecule has 16 rings (SSSR count). The highest BCUT2D eigenvalue weighted by Gasteiger charge is 2.49. The summed E-state index contributed by atoms with van der Waals surface area (Å²) >= 11 is 0. The molecule has 0 unspecified atom stereocenters. The molecule has 4 aromatic heterocycles. The van der Waals surface area contributed by atoms with Crippen molar-refractivity contribution in [2.75, 3.05) is 177 Å². The Kier molecular flexibility index (Phi) is 29.1. The second-order valence-corrected chi connectivity index (χ2v) is 34.3. The third-order valence-electron chi connectivity index (χ3n) is 26.5. The van der Waals surface area contributed by atoms with Gasteiger partial charge in [0.15, 0.2) is 0 Å². The first-order chi connectivity index (χ1) is 54.6. The van der Waals surface area contributed by atoms with E-state index < -0.39 is 0 Å². The van der Waals surface area contributed by atoms with Crippen molar-refractivity contribution in [2.24, 2.45) is 21.7 Å². The van der Waals surface area contributed by atoms with Crippen molar-refractivity contribution in [3.63, 3.8) is 0 Å². The summed E-state index contributed by atoms with van der Waals surface area (Å²) in [6, 6.07) is 7.35. The van der Waals surface area contributed by atoms with Crippen LogP contribution in [-0.4, -0.2) is 283 Å². The molecule has 112 heavy (non-hydrogen) atoms. The predicted octanol–water partition coefficient (Wildman–Crippen LogP) is 8.35. The third kappa shape index (κ3) is 22.3. The largest absolute Gasteiger partial charge is 0.338 e. The molecule has 12 aliphatic rings. The van der Waals surface area contributed by atoms with E-state index in [4.69, 9.17) is 0 Å². The summed E-state index contributed by atoms with van der Waals surface area (Å²) in [4.78, 5) is 159. The van der Waals surface area contributed by atoms with Gasteiger partial charge in [-0.2, -0.15) is 0 Å². The van der Waals surface area contributed by atoms with E-state index in [2.05, 4.69) is 79.1 Å². The predicted molar refractivity (Wildman–Crippen MR) is 427 cm³/mol.